The average Bonchev–Trinajstić information content (AvgIpc) is 3.57. The molecule has 288 valence electrons. The highest BCUT2D eigenvalue weighted by Gasteiger charge is 2.37. The summed E-state index contributed by atoms with van der Waals surface area (Å²) in [5, 5.41) is 2.33. The fourth-order valence-corrected chi connectivity index (χ4v) is 9.54. The Morgan fingerprint density at radius 3 is 1.44 bits per heavy atom. The highest BCUT2D eigenvalue weighted by molar-refractivity contribution is 6.05. The first-order valence-corrected chi connectivity index (χ1v) is 21.1. The van der Waals surface area contributed by atoms with Gasteiger partial charge in [0.1, 0.15) is 0 Å². The molecule has 1 aromatic heterocycles. The van der Waals surface area contributed by atoms with E-state index in [1.165, 1.54) is 49.9 Å². The van der Waals surface area contributed by atoms with Crippen molar-refractivity contribution in [3.63, 3.8) is 0 Å². The summed E-state index contributed by atoms with van der Waals surface area (Å²) in [6.45, 7) is 4.72. The summed E-state index contributed by atoms with van der Waals surface area (Å²) < 4.78 is 0. The molecule has 1 heterocycles. The SMILES string of the molecule is CC1(C)c2ccccc2-c2cccc(-c3cccc(-c4ccc(-c5cc(-c6cc(-c7ccccc7)cc(-c7ccccc7)c6)nc(-c6ccccc6)n5)c5ccccc45)c3)c21. The third-order valence-corrected chi connectivity index (χ3v) is 12.5. The maximum absolute atomic E-state index is 5.32. The Morgan fingerprint density at radius 2 is 0.754 bits per heavy atom. The van der Waals surface area contributed by atoms with Crippen molar-refractivity contribution in [2.45, 2.75) is 19.3 Å². The van der Waals surface area contributed by atoms with E-state index in [0.29, 0.717) is 5.82 Å². The van der Waals surface area contributed by atoms with Crippen LogP contribution in [0.4, 0.5) is 0 Å². The summed E-state index contributed by atoms with van der Waals surface area (Å²) in [6, 6.07) is 78.5. The number of hydrogen-bond acceptors (Lipinski definition) is 2. The molecule has 2 nitrogen and oxygen atoms in total. The predicted octanol–water partition coefficient (Wildman–Crippen LogP) is 15.6. The molecule has 1 aliphatic carbocycles. The number of hydrogen-bond donors (Lipinski definition) is 0. The van der Waals surface area contributed by atoms with Crippen molar-refractivity contribution >= 4 is 10.8 Å². The molecule has 0 saturated heterocycles. The molecule has 0 fully saturated rings. The minimum absolute atomic E-state index is 0.103. The molecule has 0 unspecified atom stereocenters. The van der Waals surface area contributed by atoms with Gasteiger partial charge in [0.2, 0.25) is 0 Å². The quantitative estimate of drug-likeness (QED) is 0.161. The van der Waals surface area contributed by atoms with E-state index in [1.807, 2.05) is 6.07 Å². The number of aromatic nitrogens is 2. The average molecular weight is 779 g/mol. The molecule has 11 rings (SSSR count). The standard InChI is InChI=1S/C59H42N2/c1-59(2)54-31-15-14-28-51(54)53-30-17-29-48(57(53)59)43-25-16-24-42(34-43)47-32-33-52(50-27-13-12-26-49(47)50)56-38-55(60-58(61-56)41-22-10-5-11-23-41)46-36-44(39-18-6-3-7-19-39)35-45(37-46)40-20-8-4-9-21-40/h3-38H,1-2H3. The van der Waals surface area contributed by atoms with Crippen LogP contribution in [0.1, 0.15) is 25.0 Å². The van der Waals surface area contributed by atoms with Crippen LogP contribution in [0.5, 0.6) is 0 Å². The van der Waals surface area contributed by atoms with Gasteiger partial charge in [0.05, 0.1) is 11.4 Å². The lowest BCUT2D eigenvalue weighted by Gasteiger charge is -2.24. The first-order chi connectivity index (χ1) is 30.0. The van der Waals surface area contributed by atoms with Crippen molar-refractivity contribution < 1.29 is 0 Å². The maximum atomic E-state index is 5.32. The van der Waals surface area contributed by atoms with Crippen molar-refractivity contribution in [2.24, 2.45) is 0 Å². The highest BCUT2D eigenvalue weighted by Crippen LogP contribution is 2.52. The lowest BCUT2D eigenvalue weighted by molar-refractivity contribution is 0.662. The van der Waals surface area contributed by atoms with Gasteiger partial charge in [-0.05, 0) is 108 Å². The van der Waals surface area contributed by atoms with Gasteiger partial charge in [0, 0.05) is 22.1 Å². The third-order valence-electron chi connectivity index (χ3n) is 12.5. The lowest BCUT2D eigenvalue weighted by Crippen LogP contribution is -2.16. The summed E-state index contributed by atoms with van der Waals surface area (Å²) in [5.41, 5.74) is 19.7. The number of benzene rings is 9. The monoisotopic (exact) mass is 778 g/mol. The van der Waals surface area contributed by atoms with E-state index < -0.39 is 0 Å². The zero-order valence-electron chi connectivity index (χ0n) is 34.2. The van der Waals surface area contributed by atoms with Crippen molar-refractivity contribution in [1.82, 2.24) is 9.97 Å². The minimum Gasteiger partial charge on any atom is -0.228 e. The molecule has 0 saturated carbocycles. The van der Waals surface area contributed by atoms with Gasteiger partial charge in [-0.2, -0.15) is 0 Å². The third kappa shape index (κ3) is 6.45. The highest BCUT2D eigenvalue weighted by atomic mass is 14.9. The first kappa shape index (κ1) is 36.4. The second-order valence-electron chi connectivity index (χ2n) is 16.5. The van der Waals surface area contributed by atoms with Crippen LogP contribution in [0.25, 0.3) is 100 Å². The fourth-order valence-electron chi connectivity index (χ4n) is 9.54. The zero-order chi connectivity index (χ0) is 40.9. The van der Waals surface area contributed by atoms with E-state index in [2.05, 4.69) is 226 Å². The van der Waals surface area contributed by atoms with E-state index in [9.17, 15) is 0 Å². The Bertz CT molecular complexity index is 3200. The van der Waals surface area contributed by atoms with Crippen molar-refractivity contribution in [1.29, 1.82) is 0 Å². The Morgan fingerprint density at radius 1 is 0.295 bits per heavy atom. The molecule has 0 N–H and O–H groups in total. The molecule has 0 amide bonds. The zero-order valence-corrected chi connectivity index (χ0v) is 34.2. The number of fused-ring (bicyclic) bond motifs is 4. The van der Waals surface area contributed by atoms with Crippen LogP contribution < -0.4 is 0 Å². The first-order valence-electron chi connectivity index (χ1n) is 21.1. The summed E-state index contributed by atoms with van der Waals surface area (Å²) >= 11 is 0. The summed E-state index contributed by atoms with van der Waals surface area (Å²) in [7, 11) is 0. The Balaban J connectivity index is 1.06. The van der Waals surface area contributed by atoms with E-state index >= 15 is 0 Å². The second kappa shape index (κ2) is 14.9. The Labute approximate surface area is 357 Å². The van der Waals surface area contributed by atoms with Crippen molar-refractivity contribution in [3.8, 4) is 89.5 Å². The van der Waals surface area contributed by atoms with Crippen LogP contribution in [0.15, 0.2) is 218 Å². The van der Waals surface area contributed by atoms with Gasteiger partial charge in [-0.3, -0.25) is 0 Å². The maximum Gasteiger partial charge on any atom is 0.160 e. The van der Waals surface area contributed by atoms with E-state index in [4.69, 9.17) is 9.97 Å². The van der Waals surface area contributed by atoms with Gasteiger partial charge in [-0.25, -0.2) is 9.97 Å². The Kier molecular flexibility index (Phi) is 8.86. The van der Waals surface area contributed by atoms with Gasteiger partial charge in [-0.15, -0.1) is 0 Å². The molecule has 2 heteroatoms. The molecule has 0 spiro atoms. The van der Waals surface area contributed by atoms with Crippen LogP contribution in [-0.2, 0) is 5.41 Å². The molecule has 10 aromatic rings. The van der Waals surface area contributed by atoms with Gasteiger partial charge in [0.25, 0.3) is 0 Å². The topological polar surface area (TPSA) is 25.8 Å². The van der Waals surface area contributed by atoms with Crippen LogP contribution in [0, 0.1) is 0 Å². The fraction of sp³-hybridized carbons (Fsp3) is 0.0508. The molecular formula is C59H42N2. The van der Waals surface area contributed by atoms with E-state index in [-0.39, 0.29) is 5.41 Å². The van der Waals surface area contributed by atoms with Crippen LogP contribution >= 0.6 is 0 Å². The molecule has 0 radical (unpaired) electrons. The molecule has 1 aliphatic rings. The molecule has 9 aromatic carbocycles. The number of nitrogens with zero attached hydrogens (tertiary/aromatic N) is 2. The molecule has 0 bridgehead atoms. The summed E-state index contributed by atoms with van der Waals surface area (Å²) in [6.07, 6.45) is 0. The predicted molar refractivity (Wildman–Crippen MR) is 255 cm³/mol. The smallest absolute Gasteiger partial charge is 0.160 e. The van der Waals surface area contributed by atoms with Gasteiger partial charge in [0.15, 0.2) is 5.82 Å². The van der Waals surface area contributed by atoms with E-state index in [1.54, 1.807) is 0 Å². The van der Waals surface area contributed by atoms with Crippen LogP contribution in [0.2, 0.25) is 0 Å². The second-order valence-corrected chi connectivity index (χ2v) is 16.5. The van der Waals surface area contributed by atoms with Crippen molar-refractivity contribution in [3.05, 3.63) is 230 Å². The molecule has 61 heavy (non-hydrogen) atoms. The summed E-state index contributed by atoms with van der Waals surface area (Å²) in [5.74, 6) is 0.695. The summed E-state index contributed by atoms with van der Waals surface area (Å²) in [4.78, 5) is 10.6. The van der Waals surface area contributed by atoms with Crippen LogP contribution in [-0.4, -0.2) is 9.97 Å². The minimum atomic E-state index is -0.103. The molecular weight excluding hydrogens is 737 g/mol. The van der Waals surface area contributed by atoms with E-state index in [0.717, 1.165) is 55.7 Å². The largest absolute Gasteiger partial charge is 0.228 e. The number of rotatable bonds is 7. The lowest BCUT2D eigenvalue weighted by atomic mass is 9.78. The Hall–Kier alpha value is -7.68. The van der Waals surface area contributed by atoms with Gasteiger partial charge < -0.3 is 0 Å². The van der Waals surface area contributed by atoms with Crippen LogP contribution in [0.3, 0.4) is 0 Å². The van der Waals surface area contributed by atoms with Crippen molar-refractivity contribution in [2.75, 3.05) is 0 Å². The normalized spacial score (nSPS) is 12.6. The molecule has 0 aliphatic heterocycles. The van der Waals surface area contributed by atoms with Gasteiger partial charge in [-0.1, -0.05) is 202 Å². The molecule has 0 atom stereocenters. The van der Waals surface area contributed by atoms with Gasteiger partial charge >= 0.3 is 0 Å².